The van der Waals surface area contributed by atoms with Gasteiger partial charge in [-0.15, -0.1) is 0 Å². The van der Waals surface area contributed by atoms with Gasteiger partial charge in [0.15, 0.2) is 0 Å². The van der Waals surface area contributed by atoms with Gasteiger partial charge in [0, 0.05) is 50.9 Å². The Morgan fingerprint density at radius 1 is 1.10 bits per heavy atom. The maximum Gasteiger partial charge on any atom is 0.217 e. The van der Waals surface area contributed by atoms with E-state index in [0.717, 1.165) is 50.0 Å². The fourth-order valence-corrected chi connectivity index (χ4v) is 4.52. The Morgan fingerprint density at radius 2 is 1.81 bits per heavy atom. The lowest BCUT2D eigenvalue weighted by molar-refractivity contribution is -0.119. The van der Waals surface area contributed by atoms with Crippen molar-refractivity contribution in [3.63, 3.8) is 0 Å². The number of amides is 1. The Kier molecular flexibility index (Phi) is 6.73. The van der Waals surface area contributed by atoms with Crippen molar-refractivity contribution in [1.82, 2.24) is 14.8 Å². The second kappa shape index (κ2) is 9.67. The van der Waals surface area contributed by atoms with Crippen LogP contribution >= 0.6 is 0 Å². The van der Waals surface area contributed by atoms with Gasteiger partial charge in [-0.1, -0.05) is 36.4 Å². The smallest absolute Gasteiger partial charge is 0.217 e. The minimum Gasteiger partial charge on any atom is -0.389 e. The van der Waals surface area contributed by atoms with Crippen LogP contribution in [-0.4, -0.2) is 40.1 Å². The van der Waals surface area contributed by atoms with Crippen molar-refractivity contribution >= 4 is 16.8 Å². The summed E-state index contributed by atoms with van der Waals surface area (Å²) in [7, 11) is 0. The number of aliphatic hydroxyl groups is 1. The van der Waals surface area contributed by atoms with Crippen LogP contribution in [0.5, 0.6) is 0 Å². The lowest BCUT2D eigenvalue weighted by atomic mass is 10.0. The highest BCUT2D eigenvalue weighted by Crippen LogP contribution is 2.28. The van der Waals surface area contributed by atoms with Crippen LogP contribution in [0.1, 0.15) is 55.5 Å². The van der Waals surface area contributed by atoms with Gasteiger partial charge < -0.3 is 19.9 Å². The number of piperidine rings is 1. The van der Waals surface area contributed by atoms with Crippen molar-refractivity contribution in [3.05, 3.63) is 71.4 Å². The molecule has 2 heterocycles. The molecular formula is C26H33N3O2. The van der Waals surface area contributed by atoms with Gasteiger partial charge in [0.25, 0.3) is 0 Å². The summed E-state index contributed by atoms with van der Waals surface area (Å²) in [5, 5.41) is 13.8. The van der Waals surface area contributed by atoms with Gasteiger partial charge in [0.1, 0.15) is 0 Å². The van der Waals surface area contributed by atoms with E-state index >= 15 is 0 Å². The van der Waals surface area contributed by atoms with E-state index in [9.17, 15) is 9.90 Å². The van der Waals surface area contributed by atoms with Gasteiger partial charge in [-0.3, -0.25) is 4.79 Å². The van der Waals surface area contributed by atoms with Crippen LogP contribution < -0.4 is 5.32 Å². The Morgan fingerprint density at radius 3 is 2.48 bits per heavy atom. The van der Waals surface area contributed by atoms with Gasteiger partial charge >= 0.3 is 0 Å². The Labute approximate surface area is 184 Å². The topological polar surface area (TPSA) is 57.5 Å². The standard InChI is InChI=1S/C26H33N3O2/c1-19(30)23-6-3-21(4-7-23)9-13-28-14-11-25(12-15-28)29-16-10-24-8-5-22(17-26(24)29)18-27-20(2)31/h3-8,10,16-17,19,25,30H,9,11-15,18H2,1-2H3,(H,27,31). The zero-order valence-electron chi connectivity index (χ0n) is 18.6. The van der Waals surface area contributed by atoms with E-state index in [2.05, 4.69) is 57.4 Å². The molecule has 3 aromatic rings. The molecule has 1 fully saturated rings. The number of rotatable bonds is 7. The fraction of sp³-hybridized carbons (Fsp3) is 0.423. The number of hydrogen-bond donors (Lipinski definition) is 2. The molecule has 5 nitrogen and oxygen atoms in total. The van der Waals surface area contributed by atoms with E-state index in [-0.39, 0.29) is 5.91 Å². The normalized spacial score (nSPS) is 16.5. The van der Waals surface area contributed by atoms with E-state index < -0.39 is 6.10 Å². The number of benzene rings is 2. The highest BCUT2D eigenvalue weighted by Gasteiger charge is 2.21. The molecule has 1 aliphatic heterocycles. The zero-order valence-corrected chi connectivity index (χ0v) is 18.6. The second-order valence-electron chi connectivity index (χ2n) is 8.77. The molecule has 0 aliphatic carbocycles. The number of aliphatic hydroxyl groups excluding tert-OH is 1. The molecule has 0 spiro atoms. The molecule has 1 unspecified atom stereocenters. The van der Waals surface area contributed by atoms with Gasteiger partial charge in [0.05, 0.1) is 6.10 Å². The van der Waals surface area contributed by atoms with E-state index in [1.54, 1.807) is 13.8 Å². The molecule has 0 radical (unpaired) electrons. The molecule has 1 saturated heterocycles. The molecule has 31 heavy (non-hydrogen) atoms. The van der Waals surface area contributed by atoms with Crippen LogP contribution in [0, 0.1) is 0 Å². The van der Waals surface area contributed by atoms with Crippen molar-refractivity contribution in [2.24, 2.45) is 0 Å². The lowest BCUT2D eigenvalue weighted by Crippen LogP contribution is -2.35. The molecular weight excluding hydrogens is 386 g/mol. The molecule has 1 atom stereocenters. The van der Waals surface area contributed by atoms with E-state index in [0.29, 0.717) is 12.6 Å². The molecule has 1 aromatic heterocycles. The van der Waals surface area contributed by atoms with Gasteiger partial charge in [0.2, 0.25) is 5.91 Å². The minimum absolute atomic E-state index is 0.00162. The van der Waals surface area contributed by atoms with Crippen LogP contribution in [0.15, 0.2) is 54.7 Å². The maximum atomic E-state index is 11.2. The monoisotopic (exact) mass is 419 g/mol. The number of nitrogens with zero attached hydrogens (tertiary/aromatic N) is 2. The van der Waals surface area contributed by atoms with Crippen molar-refractivity contribution < 1.29 is 9.90 Å². The van der Waals surface area contributed by atoms with Crippen LogP contribution in [0.4, 0.5) is 0 Å². The summed E-state index contributed by atoms with van der Waals surface area (Å²) in [6.07, 6.45) is 5.17. The van der Waals surface area contributed by atoms with Gasteiger partial charge in [-0.2, -0.15) is 0 Å². The quantitative estimate of drug-likeness (QED) is 0.603. The summed E-state index contributed by atoms with van der Waals surface area (Å²) in [5.41, 5.74) is 4.71. The van der Waals surface area contributed by atoms with E-state index in [1.165, 1.54) is 16.5 Å². The fourth-order valence-electron chi connectivity index (χ4n) is 4.52. The third-order valence-corrected chi connectivity index (χ3v) is 6.46. The predicted molar refractivity (Wildman–Crippen MR) is 125 cm³/mol. The summed E-state index contributed by atoms with van der Waals surface area (Å²) in [6, 6.07) is 17.5. The Bertz CT molecular complexity index is 1010. The molecule has 0 saturated carbocycles. The third-order valence-electron chi connectivity index (χ3n) is 6.46. The van der Waals surface area contributed by atoms with Crippen LogP contribution in [0.25, 0.3) is 10.9 Å². The van der Waals surface area contributed by atoms with Gasteiger partial charge in [-0.05, 0) is 60.4 Å². The summed E-state index contributed by atoms with van der Waals surface area (Å²) in [6.45, 7) is 7.24. The number of carbonyl (C=O) groups excluding carboxylic acids is 1. The number of likely N-dealkylation sites (tertiary alicyclic amines) is 1. The van der Waals surface area contributed by atoms with Crippen molar-refractivity contribution in [1.29, 1.82) is 0 Å². The number of carbonyl (C=O) groups is 1. The predicted octanol–water partition coefficient (Wildman–Crippen LogP) is 4.21. The SMILES string of the molecule is CC(=O)NCc1ccc2ccn(C3CCN(CCc4ccc(C(C)O)cc4)CC3)c2c1. The number of nitrogens with one attached hydrogen (secondary N) is 1. The Balaban J connectivity index is 1.33. The zero-order chi connectivity index (χ0) is 21.8. The first-order valence-electron chi connectivity index (χ1n) is 11.3. The first-order chi connectivity index (χ1) is 15.0. The van der Waals surface area contributed by atoms with Crippen LogP contribution in [0.2, 0.25) is 0 Å². The van der Waals surface area contributed by atoms with E-state index in [4.69, 9.17) is 0 Å². The molecule has 5 heteroatoms. The largest absolute Gasteiger partial charge is 0.389 e. The summed E-state index contributed by atoms with van der Waals surface area (Å²) >= 11 is 0. The summed E-state index contributed by atoms with van der Waals surface area (Å²) in [4.78, 5) is 13.8. The average Bonchev–Trinajstić information content (AvgIpc) is 3.20. The first-order valence-corrected chi connectivity index (χ1v) is 11.3. The number of aromatic nitrogens is 1. The minimum atomic E-state index is -0.403. The highest BCUT2D eigenvalue weighted by atomic mass is 16.3. The average molecular weight is 420 g/mol. The third kappa shape index (κ3) is 5.35. The molecule has 2 N–H and O–H groups in total. The second-order valence-corrected chi connectivity index (χ2v) is 8.77. The maximum absolute atomic E-state index is 11.2. The van der Waals surface area contributed by atoms with Crippen molar-refractivity contribution in [3.8, 4) is 0 Å². The molecule has 2 aromatic carbocycles. The van der Waals surface area contributed by atoms with Crippen LogP contribution in [0.3, 0.4) is 0 Å². The lowest BCUT2D eigenvalue weighted by Gasteiger charge is -2.33. The highest BCUT2D eigenvalue weighted by molar-refractivity contribution is 5.81. The number of hydrogen-bond acceptors (Lipinski definition) is 3. The molecule has 4 rings (SSSR count). The molecule has 164 valence electrons. The molecule has 1 amide bonds. The van der Waals surface area contributed by atoms with E-state index in [1.807, 2.05) is 12.1 Å². The van der Waals surface area contributed by atoms with Crippen LogP contribution in [-0.2, 0) is 17.8 Å². The number of fused-ring (bicyclic) bond motifs is 1. The van der Waals surface area contributed by atoms with Crippen molar-refractivity contribution in [2.75, 3.05) is 19.6 Å². The molecule has 0 bridgehead atoms. The van der Waals surface area contributed by atoms with Crippen molar-refractivity contribution in [2.45, 2.75) is 51.8 Å². The molecule has 1 aliphatic rings. The first kappa shape index (κ1) is 21.6. The summed E-state index contributed by atoms with van der Waals surface area (Å²) in [5.74, 6) is 0.00162. The Hall–Kier alpha value is -2.63. The van der Waals surface area contributed by atoms with Gasteiger partial charge in [-0.25, -0.2) is 0 Å². The summed E-state index contributed by atoms with van der Waals surface area (Å²) < 4.78 is 2.43.